The summed E-state index contributed by atoms with van der Waals surface area (Å²) in [6.45, 7) is 0. The molecule has 0 saturated heterocycles. The largest absolute Gasteiger partial charge is 0.508 e. The van der Waals surface area contributed by atoms with E-state index in [1.54, 1.807) is 12.1 Å². The van der Waals surface area contributed by atoms with Crippen LogP contribution in [0.4, 0.5) is 0 Å². The Labute approximate surface area is 85.8 Å². The van der Waals surface area contributed by atoms with E-state index in [4.69, 9.17) is 22.6 Å². The van der Waals surface area contributed by atoms with E-state index in [9.17, 15) is 0 Å². The Morgan fingerprint density at radius 1 is 1.13 bits per heavy atom. The van der Waals surface area contributed by atoms with E-state index < -0.39 is 10.4 Å². The molecule has 82 valence electrons. The van der Waals surface area contributed by atoms with Crippen LogP contribution in [0.2, 0.25) is 0 Å². The van der Waals surface area contributed by atoms with Crippen LogP contribution >= 0.6 is 0 Å². The van der Waals surface area contributed by atoms with Crippen molar-refractivity contribution in [3.05, 3.63) is 30.5 Å². The average Bonchev–Trinajstić information content (AvgIpc) is 2.47. The van der Waals surface area contributed by atoms with Gasteiger partial charge in [-0.05, 0) is 23.6 Å². The van der Waals surface area contributed by atoms with Crippen molar-refractivity contribution in [3.63, 3.8) is 0 Å². The molecule has 0 aliphatic heterocycles. The highest BCUT2D eigenvalue weighted by atomic mass is 32.3. The number of hydrogen-bond acceptors (Lipinski definition) is 3. The van der Waals surface area contributed by atoms with Crippen LogP contribution < -0.4 is 0 Å². The summed E-state index contributed by atoms with van der Waals surface area (Å²) in [6.07, 6.45) is 1.85. The molecule has 6 nitrogen and oxygen atoms in total. The molecule has 2 aromatic rings. The Kier molecular flexibility index (Phi) is 3.30. The van der Waals surface area contributed by atoms with Crippen LogP contribution in [0.5, 0.6) is 5.75 Å². The highest BCUT2D eigenvalue weighted by Gasteiger charge is 1.92. The van der Waals surface area contributed by atoms with Crippen LogP contribution in [0.1, 0.15) is 0 Å². The number of rotatable bonds is 0. The van der Waals surface area contributed by atoms with Crippen LogP contribution in [0.25, 0.3) is 10.9 Å². The van der Waals surface area contributed by atoms with Crippen LogP contribution in [0.15, 0.2) is 30.5 Å². The number of nitrogens with one attached hydrogen (secondary N) is 1. The SMILES string of the molecule is O=S(=O)(O)O.Oc1ccc2cc[nH]c2c1. The second-order valence-electron chi connectivity index (χ2n) is 2.70. The first-order valence-corrected chi connectivity index (χ1v) is 5.22. The molecule has 2 rings (SSSR count). The van der Waals surface area contributed by atoms with Crippen molar-refractivity contribution in [2.45, 2.75) is 0 Å². The van der Waals surface area contributed by atoms with Gasteiger partial charge in [-0.2, -0.15) is 8.42 Å². The molecule has 0 atom stereocenters. The lowest BCUT2D eigenvalue weighted by Crippen LogP contribution is -1.89. The lowest BCUT2D eigenvalue weighted by molar-refractivity contribution is 0.381. The first-order valence-electron chi connectivity index (χ1n) is 3.82. The number of aromatic nitrogens is 1. The number of aromatic hydroxyl groups is 1. The van der Waals surface area contributed by atoms with Gasteiger partial charge in [-0.3, -0.25) is 9.11 Å². The molecule has 1 heterocycles. The van der Waals surface area contributed by atoms with Crippen molar-refractivity contribution < 1.29 is 22.6 Å². The smallest absolute Gasteiger partial charge is 0.394 e. The molecule has 0 amide bonds. The Morgan fingerprint density at radius 2 is 1.73 bits per heavy atom. The number of H-pyrrole nitrogens is 1. The van der Waals surface area contributed by atoms with Gasteiger partial charge in [0.1, 0.15) is 5.75 Å². The molecule has 1 aromatic heterocycles. The van der Waals surface area contributed by atoms with Gasteiger partial charge in [0.15, 0.2) is 0 Å². The summed E-state index contributed by atoms with van der Waals surface area (Å²) in [6, 6.07) is 7.22. The standard InChI is InChI=1S/C8H7NO.H2O4S/c10-7-2-1-6-3-4-9-8(6)5-7;1-5(2,3)4/h1-5,9-10H;(H2,1,2,3,4). The topological polar surface area (TPSA) is 111 Å². The molecule has 1 aromatic carbocycles. The minimum absolute atomic E-state index is 0.301. The number of aromatic amines is 1. The van der Waals surface area contributed by atoms with E-state index in [0.717, 1.165) is 10.9 Å². The van der Waals surface area contributed by atoms with Gasteiger partial charge in [-0.15, -0.1) is 0 Å². The fourth-order valence-electron chi connectivity index (χ4n) is 1.04. The van der Waals surface area contributed by atoms with Crippen molar-refractivity contribution in [2.75, 3.05) is 0 Å². The van der Waals surface area contributed by atoms with E-state index in [0.29, 0.717) is 5.75 Å². The average molecular weight is 231 g/mol. The van der Waals surface area contributed by atoms with Gasteiger partial charge < -0.3 is 10.1 Å². The monoisotopic (exact) mass is 231 g/mol. The molecule has 15 heavy (non-hydrogen) atoms. The first kappa shape index (κ1) is 11.5. The lowest BCUT2D eigenvalue weighted by Gasteiger charge is -1.89. The summed E-state index contributed by atoms with van der Waals surface area (Å²) in [5.41, 5.74) is 0.972. The molecule has 4 N–H and O–H groups in total. The maximum absolute atomic E-state index is 9.03. The molecule has 0 bridgehead atoms. The minimum Gasteiger partial charge on any atom is -0.508 e. The van der Waals surface area contributed by atoms with Gasteiger partial charge in [0, 0.05) is 17.8 Å². The summed E-state index contributed by atoms with van der Waals surface area (Å²) in [4.78, 5) is 3.00. The number of fused-ring (bicyclic) bond motifs is 1. The van der Waals surface area contributed by atoms with Crippen LogP contribution in [0, 0.1) is 0 Å². The molecule has 7 heteroatoms. The second kappa shape index (κ2) is 4.30. The number of phenols is 1. The third-order valence-electron chi connectivity index (χ3n) is 1.54. The molecular formula is C8H9NO5S. The third-order valence-corrected chi connectivity index (χ3v) is 1.54. The predicted octanol–water partition coefficient (Wildman–Crippen LogP) is 1.22. The maximum atomic E-state index is 9.03. The first-order chi connectivity index (χ1) is 6.86. The fraction of sp³-hybridized carbons (Fsp3) is 0. The zero-order valence-electron chi connectivity index (χ0n) is 7.45. The number of hydrogen-bond donors (Lipinski definition) is 4. The van der Waals surface area contributed by atoms with E-state index in [-0.39, 0.29) is 0 Å². The molecule has 0 aliphatic rings. The summed E-state index contributed by atoms with van der Waals surface area (Å²) in [7, 11) is -4.67. The lowest BCUT2D eigenvalue weighted by atomic mass is 10.2. The predicted molar refractivity (Wildman–Crippen MR) is 54.1 cm³/mol. The molecular weight excluding hydrogens is 222 g/mol. The van der Waals surface area contributed by atoms with Gasteiger partial charge in [0.2, 0.25) is 0 Å². The van der Waals surface area contributed by atoms with Crippen molar-refractivity contribution in [1.29, 1.82) is 0 Å². The van der Waals surface area contributed by atoms with Crippen molar-refractivity contribution in [2.24, 2.45) is 0 Å². The Bertz CT molecular complexity index is 537. The molecule has 0 radical (unpaired) electrons. The zero-order chi connectivity index (χ0) is 11.5. The Balaban J connectivity index is 0.000000195. The second-order valence-corrected chi connectivity index (χ2v) is 3.59. The quantitative estimate of drug-likeness (QED) is 0.509. The van der Waals surface area contributed by atoms with Crippen LogP contribution in [-0.4, -0.2) is 27.6 Å². The summed E-state index contributed by atoms with van der Waals surface area (Å²) in [5.74, 6) is 0.301. The number of benzene rings is 1. The summed E-state index contributed by atoms with van der Waals surface area (Å²) >= 11 is 0. The van der Waals surface area contributed by atoms with Gasteiger partial charge in [0.05, 0.1) is 0 Å². The van der Waals surface area contributed by atoms with E-state index in [2.05, 4.69) is 4.98 Å². The van der Waals surface area contributed by atoms with E-state index >= 15 is 0 Å². The third kappa shape index (κ3) is 4.45. The van der Waals surface area contributed by atoms with E-state index in [1.165, 1.54) is 0 Å². The maximum Gasteiger partial charge on any atom is 0.394 e. The Hall–Kier alpha value is -1.57. The molecule has 0 aliphatic carbocycles. The Morgan fingerprint density at radius 3 is 2.33 bits per heavy atom. The summed E-state index contributed by atoms with van der Waals surface area (Å²) < 4.78 is 31.6. The van der Waals surface area contributed by atoms with Crippen molar-refractivity contribution in [1.82, 2.24) is 4.98 Å². The fourth-order valence-corrected chi connectivity index (χ4v) is 1.04. The van der Waals surface area contributed by atoms with Crippen LogP contribution in [0.3, 0.4) is 0 Å². The highest BCUT2D eigenvalue weighted by Crippen LogP contribution is 2.17. The molecule has 0 unspecified atom stereocenters. The van der Waals surface area contributed by atoms with Gasteiger partial charge in [0.25, 0.3) is 0 Å². The van der Waals surface area contributed by atoms with E-state index in [1.807, 2.05) is 18.3 Å². The number of phenolic OH excluding ortho intramolecular Hbond substituents is 1. The minimum atomic E-state index is -4.67. The van der Waals surface area contributed by atoms with Gasteiger partial charge >= 0.3 is 10.4 Å². The van der Waals surface area contributed by atoms with Gasteiger partial charge in [-0.25, -0.2) is 0 Å². The highest BCUT2D eigenvalue weighted by molar-refractivity contribution is 7.79. The normalized spacial score (nSPS) is 10.8. The van der Waals surface area contributed by atoms with Gasteiger partial charge in [-0.1, -0.05) is 0 Å². The van der Waals surface area contributed by atoms with Crippen LogP contribution in [-0.2, 0) is 10.4 Å². The molecule has 0 fully saturated rings. The molecule has 0 spiro atoms. The van der Waals surface area contributed by atoms with Crippen molar-refractivity contribution >= 4 is 21.3 Å². The zero-order valence-corrected chi connectivity index (χ0v) is 8.27. The summed E-state index contributed by atoms with van der Waals surface area (Å²) in [5, 5.41) is 10.2. The molecule has 0 saturated carbocycles. The van der Waals surface area contributed by atoms with Crippen molar-refractivity contribution in [3.8, 4) is 5.75 Å².